The lowest BCUT2D eigenvalue weighted by Crippen LogP contribution is -2.52. The van der Waals surface area contributed by atoms with Gasteiger partial charge in [0.1, 0.15) is 0 Å². The second-order valence-electron chi connectivity index (χ2n) is 7.82. The molecule has 5 atom stereocenters. The summed E-state index contributed by atoms with van der Waals surface area (Å²) in [4.78, 5) is 2.90. The predicted molar refractivity (Wildman–Crippen MR) is 85.9 cm³/mol. The number of nitrogens with one attached hydrogen (secondary N) is 1. The Morgan fingerprint density at radius 2 is 1.80 bits per heavy atom. The molecule has 3 fully saturated rings. The lowest BCUT2D eigenvalue weighted by Gasteiger charge is -2.47. The molecule has 5 unspecified atom stereocenters. The van der Waals surface area contributed by atoms with Crippen LogP contribution in [0.25, 0.3) is 0 Å². The Labute approximate surface area is 125 Å². The Kier molecular flexibility index (Phi) is 5.04. The molecule has 0 aromatic carbocycles. The normalized spacial score (nSPS) is 43.2. The lowest BCUT2D eigenvalue weighted by atomic mass is 9.75. The Morgan fingerprint density at radius 3 is 2.65 bits per heavy atom. The van der Waals surface area contributed by atoms with Crippen LogP contribution in [0.2, 0.25) is 0 Å². The Bertz CT molecular complexity index is 302. The van der Waals surface area contributed by atoms with Crippen molar-refractivity contribution in [2.75, 3.05) is 20.1 Å². The highest BCUT2D eigenvalue weighted by molar-refractivity contribution is 4.91. The minimum Gasteiger partial charge on any atom is -0.317 e. The Morgan fingerprint density at radius 1 is 1.00 bits per heavy atom. The van der Waals surface area contributed by atoms with Crippen molar-refractivity contribution >= 4 is 0 Å². The lowest BCUT2D eigenvalue weighted by molar-refractivity contribution is 0.0331. The van der Waals surface area contributed by atoms with Crippen LogP contribution in [0.4, 0.5) is 0 Å². The summed E-state index contributed by atoms with van der Waals surface area (Å²) < 4.78 is 0. The zero-order valence-electron chi connectivity index (χ0n) is 13.6. The van der Waals surface area contributed by atoms with E-state index in [0.717, 1.165) is 29.8 Å². The van der Waals surface area contributed by atoms with Gasteiger partial charge in [-0.25, -0.2) is 0 Å². The summed E-state index contributed by atoms with van der Waals surface area (Å²) in [6.45, 7) is 5.21. The van der Waals surface area contributed by atoms with E-state index in [-0.39, 0.29) is 0 Å². The summed E-state index contributed by atoms with van der Waals surface area (Å²) in [7, 11) is 2.17. The van der Waals surface area contributed by atoms with E-state index in [2.05, 4.69) is 24.2 Å². The van der Waals surface area contributed by atoms with E-state index >= 15 is 0 Å². The van der Waals surface area contributed by atoms with Crippen molar-refractivity contribution in [3.8, 4) is 0 Å². The first-order chi connectivity index (χ1) is 9.78. The molecule has 1 aliphatic heterocycles. The summed E-state index contributed by atoms with van der Waals surface area (Å²) >= 11 is 0. The van der Waals surface area contributed by atoms with Crippen molar-refractivity contribution in [2.24, 2.45) is 17.8 Å². The third-order valence-corrected chi connectivity index (χ3v) is 6.44. The van der Waals surface area contributed by atoms with Gasteiger partial charge >= 0.3 is 0 Å². The van der Waals surface area contributed by atoms with Crippen LogP contribution in [0.3, 0.4) is 0 Å². The highest BCUT2D eigenvalue weighted by Gasteiger charge is 2.36. The van der Waals surface area contributed by atoms with E-state index in [4.69, 9.17) is 0 Å². The molecule has 0 amide bonds. The van der Waals surface area contributed by atoms with Crippen molar-refractivity contribution in [1.29, 1.82) is 0 Å². The molecule has 0 bridgehead atoms. The minimum absolute atomic E-state index is 0.773. The van der Waals surface area contributed by atoms with Crippen molar-refractivity contribution < 1.29 is 0 Å². The number of likely N-dealkylation sites (tertiary alicyclic amines) is 1. The summed E-state index contributed by atoms with van der Waals surface area (Å²) in [5.74, 6) is 2.87. The molecule has 2 saturated carbocycles. The van der Waals surface area contributed by atoms with Gasteiger partial charge in [-0.05, 0) is 76.3 Å². The van der Waals surface area contributed by atoms with Crippen LogP contribution >= 0.6 is 0 Å². The van der Waals surface area contributed by atoms with Crippen LogP contribution in [-0.4, -0.2) is 37.1 Å². The van der Waals surface area contributed by atoms with E-state index in [1.807, 2.05) is 0 Å². The highest BCUT2D eigenvalue weighted by Crippen LogP contribution is 2.37. The molecule has 1 saturated heterocycles. The standard InChI is InChI=1S/C18H34N2/c1-14-9-10-17(19-2)16(12-14)13-20-11-5-7-15-6-3-4-8-18(15)20/h14-19H,3-13H2,1-2H3. The molecule has 1 heterocycles. The zero-order valence-corrected chi connectivity index (χ0v) is 13.6. The van der Waals surface area contributed by atoms with E-state index < -0.39 is 0 Å². The summed E-state index contributed by atoms with van der Waals surface area (Å²) in [6.07, 6.45) is 13.2. The average Bonchev–Trinajstić information content (AvgIpc) is 2.48. The van der Waals surface area contributed by atoms with Crippen molar-refractivity contribution in [1.82, 2.24) is 10.2 Å². The molecule has 20 heavy (non-hydrogen) atoms. The maximum Gasteiger partial charge on any atom is 0.0124 e. The van der Waals surface area contributed by atoms with Gasteiger partial charge in [0.25, 0.3) is 0 Å². The molecule has 3 rings (SSSR count). The molecule has 0 aromatic heterocycles. The first-order valence-corrected chi connectivity index (χ1v) is 9.19. The zero-order chi connectivity index (χ0) is 13.9. The molecule has 2 heteroatoms. The quantitative estimate of drug-likeness (QED) is 0.847. The third kappa shape index (κ3) is 3.22. The molecule has 1 N–H and O–H groups in total. The second-order valence-corrected chi connectivity index (χ2v) is 7.82. The third-order valence-electron chi connectivity index (χ3n) is 6.44. The topological polar surface area (TPSA) is 15.3 Å². The smallest absolute Gasteiger partial charge is 0.0124 e. The maximum atomic E-state index is 3.61. The molecule has 116 valence electrons. The Balaban J connectivity index is 1.62. The van der Waals surface area contributed by atoms with E-state index in [9.17, 15) is 0 Å². The summed E-state index contributed by atoms with van der Waals surface area (Å²) in [5, 5.41) is 3.61. The first kappa shape index (κ1) is 14.8. The molecule has 0 radical (unpaired) electrons. The SMILES string of the molecule is CNC1CCC(C)CC1CN1CCCC2CCCCC21. The molecule has 3 aliphatic rings. The Hall–Kier alpha value is -0.0800. The summed E-state index contributed by atoms with van der Waals surface area (Å²) in [6, 6.07) is 1.71. The fraction of sp³-hybridized carbons (Fsp3) is 1.00. The molecular weight excluding hydrogens is 244 g/mol. The van der Waals surface area contributed by atoms with E-state index in [1.165, 1.54) is 70.9 Å². The van der Waals surface area contributed by atoms with Gasteiger partial charge in [0.05, 0.1) is 0 Å². The van der Waals surface area contributed by atoms with Gasteiger partial charge in [-0.2, -0.15) is 0 Å². The summed E-state index contributed by atoms with van der Waals surface area (Å²) in [5.41, 5.74) is 0. The van der Waals surface area contributed by atoms with Crippen LogP contribution in [0, 0.1) is 17.8 Å². The number of hydrogen-bond donors (Lipinski definition) is 1. The fourth-order valence-corrected chi connectivity index (χ4v) is 5.34. The molecule has 0 aromatic rings. The van der Waals surface area contributed by atoms with E-state index in [0.29, 0.717) is 0 Å². The van der Waals surface area contributed by atoms with Crippen LogP contribution in [0.15, 0.2) is 0 Å². The maximum absolute atomic E-state index is 3.61. The first-order valence-electron chi connectivity index (χ1n) is 9.19. The number of nitrogens with zero attached hydrogens (tertiary/aromatic N) is 1. The van der Waals surface area contributed by atoms with Crippen molar-refractivity contribution in [3.63, 3.8) is 0 Å². The molecular formula is C18H34N2. The van der Waals surface area contributed by atoms with Crippen LogP contribution in [0.5, 0.6) is 0 Å². The second kappa shape index (κ2) is 6.79. The van der Waals surface area contributed by atoms with Crippen LogP contribution in [0.1, 0.15) is 64.7 Å². The van der Waals surface area contributed by atoms with Crippen molar-refractivity contribution in [2.45, 2.75) is 76.8 Å². The van der Waals surface area contributed by atoms with Crippen LogP contribution < -0.4 is 5.32 Å². The van der Waals surface area contributed by atoms with Gasteiger partial charge in [0.2, 0.25) is 0 Å². The van der Waals surface area contributed by atoms with Crippen LogP contribution in [-0.2, 0) is 0 Å². The van der Waals surface area contributed by atoms with Gasteiger partial charge in [-0.3, -0.25) is 4.90 Å². The van der Waals surface area contributed by atoms with Gasteiger partial charge < -0.3 is 5.32 Å². The molecule has 2 nitrogen and oxygen atoms in total. The number of piperidine rings is 1. The minimum atomic E-state index is 0.773. The average molecular weight is 278 g/mol. The van der Waals surface area contributed by atoms with E-state index in [1.54, 1.807) is 0 Å². The van der Waals surface area contributed by atoms with Gasteiger partial charge in [-0.1, -0.05) is 19.8 Å². The largest absolute Gasteiger partial charge is 0.317 e. The monoisotopic (exact) mass is 278 g/mol. The van der Waals surface area contributed by atoms with Gasteiger partial charge in [-0.15, -0.1) is 0 Å². The molecule has 0 spiro atoms. The highest BCUT2D eigenvalue weighted by atomic mass is 15.2. The number of fused-ring (bicyclic) bond motifs is 1. The number of rotatable bonds is 3. The fourth-order valence-electron chi connectivity index (χ4n) is 5.34. The van der Waals surface area contributed by atoms with Crippen molar-refractivity contribution in [3.05, 3.63) is 0 Å². The van der Waals surface area contributed by atoms with Gasteiger partial charge in [0.15, 0.2) is 0 Å². The molecule has 2 aliphatic carbocycles. The van der Waals surface area contributed by atoms with Gasteiger partial charge in [0, 0.05) is 18.6 Å². The number of hydrogen-bond acceptors (Lipinski definition) is 2. The predicted octanol–water partition coefficient (Wildman–Crippen LogP) is 3.67.